The first-order valence-electron chi connectivity index (χ1n) is 9.95. The lowest BCUT2D eigenvalue weighted by Gasteiger charge is -2.21. The Labute approximate surface area is 184 Å². The van der Waals surface area contributed by atoms with Crippen molar-refractivity contribution in [2.24, 2.45) is 17.2 Å². The Bertz CT molecular complexity index is 784. The summed E-state index contributed by atoms with van der Waals surface area (Å²) in [6.45, 7) is -0.144. The van der Waals surface area contributed by atoms with Gasteiger partial charge >= 0.3 is 5.97 Å². The standard InChI is InChI=1S/C18H30N8O6/c19-4-2-1-3-12(18(31)32)26-17(30)13(6-14(21)27)25-15(28)8-23-16(29)11(20)5-10-7-22-9-24-10/h7,9,11-13H,1-6,8,19-20H2,(H2,21,27)(H,22,24)(H,23,29)(H,25,28)(H,26,30)(H,31,32). The number of rotatable bonds is 15. The first kappa shape index (κ1) is 26.5. The highest BCUT2D eigenvalue weighted by Gasteiger charge is 2.28. The number of aromatic amines is 1. The van der Waals surface area contributed by atoms with Crippen LogP contribution in [0.2, 0.25) is 0 Å². The predicted octanol–water partition coefficient (Wildman–Crippen LogP) is -3.55. The van der Waals surface area contributed by atoms with E-state index in [1.165, 1.54) is 12.5 Å². The number of nitrogens with two attached hydrogens (primary N) is 3. The van der Waals surface area contributed by atoms with E-state index in [-0.39, 0.29) is 12.8 Å². The number of primary amides is 1. The molecular weight excluding hydrogens is 424 g/mol. The van der Waals surface area contributed by atoms with E-state index in [0.29, 0.717) is 25.1 Å². The molecule has 11 N–H and O–H groups in total. The van der Waals surface area contributed by atoms with E-state index >= 15 is 0 Å². The normalized spacial score (nSPS) is 13.4. The Balaban J connectivity index is 2.61. The van der Waals surface area contributed by atoms with Crippen LogP contribution < -0.4 is 33.2 Å². The molecule has 14 nitrogen and oxygen atoms in total. The maximum atomic E-state index is 12.4. The van der Waals surface area contributed by atoms with E-state index in [1.807, 2.05) is 0 Å². The second kappa shape index (κ2) is 13.7. The van der Waals surface area contributed by atoms with Crippen LogP contribution in [0, 0.1) is 0 Å². The second-order valence-corrected chi connectivity index (χ2v) is 7.08. The molecule has 1 aromatic heterocycles. The number of H-pyrrole nitrogens is 1. The number of amides is 4. The van der Waals surface area contributed by atoms with Crippen LogP contribution >= 0.6 is 0 Å². The number of aliphatic carboxylic acids is 1. The number of carbonyl (C=O) groups excluding carboxylic acids is 4. The number of unbranched alkanes of at least 4 members (excludes halogenated alkanes) is 1. The van der Waals surface area contributed by atoms with Crippen molar-refractivity contribution < 1.29 is 29.1 Å². The summed E-state index contributed by atoms with van der Waals surface area (Å²) >= 11 is 0. The van der Waals surface area contributed by atoms with Gasteiger partial charge in [0.05, 0.1) is 25.3 Å². The summed E-state index contributed by atoms with van der Waals surface area (Å²) in [6.07, 6.45) is 3.72. The fraction of sp³-hybridized carbons (Fsp3) is 0.556. The fourth-order valence-corrected chi connectivity index (χ4v) is 2.70. The van der Waals surface area contributed by atoms with Crippen molar-refractivity contribution in [2.45, 2.75) is 50.2 Å². The van der Waals surface area contributed by atoms with Crippen LogP contribution in [0.3, 0.4) is 0 Å². The van der Waals surface area contributed by atoms with Crippen molar-refractivity contribution in [2.75, 3.05) is 13.1 Å². The van der Waals surface area contributed by atoms with Crippen molar-refractivity contribution in [3.8, 4) is 0 Å². The first-order valence-corrected chi connectivity index (χ1v) is 9.95. The van der Waals surface area contributed by atoms with Gasteiger partial charge in [-0.2, -0.15) is 0 Å². The van der Waals surface area contributed by atoms with Crippen molar-refractivity contribution in [1.82, 2.24) is 25.9 Å². The molecule has 1 heterocycles. The van der Waals surface area contributed by atoms with E-state index in [1.54, 1.807) is 0 Å². The summed E-state index contributed by atoms with van der Waals surface area (Å²) in [4.78, 5) is 65.9. The maximum absolute atomic E-state index is 12.4. The molecule has 178 valence electrons. The molecule has 0 saturated heterocycles. The van der Waals surface area contributed by atoms with Gasteiger partial charge in [-0.05, 0) is 25.8 Å². The third-order valence-electron chi connectivity index (χ3n) is 4.37. The molecule has 32 heavy (non-hydrogen) atoms. The number of nitrogens with one attached hydrogen (secondary N) is 4. The number of aromatic nitrogens is 2. The molecule has 0 bridgehead atoms. The lowest BCUT2D eigenvalue weighted by atomic mass is 10.1. The number of hydrogen-bond acceptors (Lipinski definition) is 8. The molecule has 1 rings (SSSR count). The van der Waals surface area contributed by atoms with Gasteiger partial charge in [0.25, 0.3) is 0 Å². The molecule has 0 aromatic carbocycles. The van der Waals surface area contributed by atoms with Gasteiger partial charge in [-0.3, -0.25) is 19.2 Å². The number of carboxylic acids is 1. The number of hydrogen-bond donors (Lipinski definition) is 8. The molecule has 4 amide bonds. The zero-order valence-electron chi connectivity index (χ0n) is 17.5. The van der Waals surface area contributed by atoms with Crippen LogP contribution in [0.15, 0.2) is 12.5 Å². The molecular formula is C18H30N8O6. The Morgan fingerprint density at radius 2 is 1.81 bits per heavy atom. The van der Waals surface area contributed by atoms with Crippen molar-refractivity contribution in [3.05, 3.63) is 18.2 Å². The number of carbonyl (C=O) groups is 5. The number of carboxylic acid groups (broad SMARTS) is 1. The molecule has 0 spiro atoms. The van der Waals surface area contributed by atoms with Gasteiger partial charge in [-0.25, -0.2) is 9.78 Å². The van der Waals surface area contributed by atoms with Gasteiger partial charge in [-0.1, -0.05) is 0 Å². The minimum absolute atomic E-state index is 0.125. The van der Waals surface area contributed by atoms with Crippen LogP contribution in [0.25, 0.3) is 0 Å². The van der Waals surface area contributed by atoms with E-state index in [4.69, 9.17) is 17.2 Å². The molecule has 0 radical (unpaired) electrons. The topological polar surface area (TPSA) is 248 Å². The van der Waals surface area contributed by atoms with Crippen molar-refractivity contribution in [1.29, 1.82) is 0 Å². The summed E-state index contributed by atoms with van der Waals surface area (Å²) in [5.74, 6) is -4.44. The summed E-state index contributed by atoms with van der Waals surface area (Å²) in [7, 11) is 0. The Hall–Kier alpha value is -3.52. The highest BCUT2D eigenvalue weighted by molar-refractivity contribution is 5.94. The molecule has 0 aliphatic rings. The van der Waals surface area contributed by atoms with Gasteiger partial charge < -0.3 is 43.2 Å². The largest absolute Gasteiger partial charge is 0.480 e. The zero-order valence-corrected chi connectivity index (χ0v) is 17.5. The summed E-state index contributed by atoms with van der Waals surface area (Å²) in [5, 5.41) is 16.1. The fourth-order valence-electron chi connectivity index (χ4n) is 2.70. The zero-order chi connectivity index (χ0) is 24.1. The lowest BCUT2D eigenvalue weighted by molar-refractivity contribution is -0.142. The molecule has 14 heteroatoms. The molecule has 0 aliphatic carbocycles. The predicted molar refractivity (Wildman–Crippen MR) is 111 cm³/mol. The molecule has 0 aliphatic heterocycles. The Kier molecular flexibility index (Phi) is 11.4. The van der Waals surface area contributed by atoms with E-state index < -0.39 is 60.7 Å². The van der Waals surface area contributed by atoms with Gasteiger partial charge in [0.15, 0.2) is 0 Å². The van der Waals surface area contributed by atoms with Gasteiger partial charge in [0.2, 0.25) is 23.6 Å². The lowest BCUT2D eigenvalue weighted by Crippen LogP contribution is -2.54. The SMILES string of the molecule is NCCCCC(NC(=O)C(CC(N)=O)NC(=O)CNC(=O)C(N)Cc1cnc[nH]1)C(=O)O. The highest BCUT2D eigenvalue weighted by Crippen LogP contribution is 2.03. The summed E-state index contributed by atoms with van der Waals surface area (Å²) in [5.41, 5.74) is 16.9. The van der Waals surface area contributed by atoms with Crippen LogP contribution in [0.1, 0.15) is 31.4 Å². The molecule has 0 saturated carbocycles. The molecule has 3 unspecified atom stereocenters. The van der Waals surface area contributed by atoms with Crippen LogP contribution in [0.5, 0.6) is 0 Å². The average Bonchev–Trinajstić information content (AvgIpc) is 3.23. The number of imidazole rings is 1. The quantitative estimate of drug-likeness (QED) is 0.122. The number of nitrogens with zero attached hydrogens (tertiary/aromatic N) is 1. The van der Waals surface area contributed by atoms with E-state index in [9.17, 15) is 29.1 Å². The summed E-state index contributed by atoms with van der Waals surface area (Å²) < 4.78 is 0. The van der Waals surface area contributed by atoms with Crippen LogP contribution in [0.4, 0.5) is 0 Å². The third-order valence-corrected chi connectivity index (χ3v) is 4.37. The second-order valence-electron chi connectivity index (χ2n) is 7.08. The van der Waals surface area contributed by atoms with Gasteiger partial charge in [0.1, 0.15) is 12.1 Å². The van der Waals surface area contributed by atoms with E-state index in [0.717, 1.165) is 0 Å². The van der Waals surface area contributed by atoms with E-state index in [2.05, 4.69) is 25.9 Å². The Morgan fingerprint density at radius 3 is 2.38 bits per heavy atom. The van der Waals surface area contributed by atoms with Crippen molar-refractivity contribution >= 4 is 29.6 Å². The first-order chi connectivity index (χ1) is 15.1. The third kappa shape index (κ3) is 9.99. The monoisotopic (exact) mass is 454 g/mol. The van der Waals surface area contributed by atoms with Crippen molar-refractivity contribution in [3.63, 3.8) is 0 Å². The molecule has 1 aromatic rings. The minimum Gasteiger partial charge on any atom is -0.480 e. The smallest absolute Gasteiger partial charge is 0.326 e. The van der Waals surface area contributed by atoms with Gasteiger partial charge in [0, 0.05) is 18.3 Å². The Morgan fingerprint density at radius 1 is 1.09 bits per heavy atom. The van der Waals surface area contributed by atoms with Crippen LogP contribution in [-0.4, -0.2) is 75.9 Å². The minimum atomic E-state index is -1.41. The van der Waals surface area contributed by atoms with Crippen LogP contribution in [-0.2, 0) is 30.4 Å². The average molecular weight is 454 g/mol. The maximum Gasteiger partial charge on any atom is 0.326 e. The molecule has 3 atom stereocenters. The van der Waals surface area contributed by atoms with Gasteiger partial charge in [-0.15, -0.1) is 0 Å². The highest BCUT2D eigenvalue weighted by atomic mass is 16.4. The molecule has 0 fully saturated rings. The summed E-state index contributed by atoms with van der Waals surface area (Å²) in [6, 6.07) is -3.58.